The van der Waals surface area contributed by atoms with Crippen molar-refractivity contribution in [2.45, 2.75) is 13.5 Å². The van der Waals surface area contributed by atoms with E-state index < -0.39 is 5.56 Å². The third-order valence-electron chi connectivity index (χ3n) is 4.55. The molecule has 0 N–H and O–H groups in total. The van der Waals surface area contributed by atoms with E-state index >= 15 is 0 Å². The first-order valence-electron chi connectivity index (χ1n) is 9.05. The molecule has 10 heteroatoms. The van der Waals surface area contributed by atoms with Crippen LogP contribution in [0.5, 0.6) is 0 Å². The van der Waals surface area contributed by atoms with Crippen molar-refractivity contribution in [2.24, 2.45) is 0 Å². The lowest BCUT2D eigenvalue weighted by Crippen LogP contribution is -2.21. The fraction of sp³-hybridized carbons (Fsp3) is 0.100. The summed E-state index contributed by atoms with van der Waals surface area (Å²) in [6.45, 7) is 2.02. The van der Waals surface area contributed by atoms with Crippen LogP contribution in [0.2, 0.25) is 0 Å². The summed E-state index contributed by atoms with van der Waals surface area (Å²) in [6, 6.07) is 13.4. The van der Waals surface area contributed by atoms with Crippen molar-refractivity contribution in [2.75, 3.05) is 0 Å². The highest BCUT2D eigenvalue weighted by atomic mass is 19.1. The van der Waals surface area contributed by atoms with E-state index in [1.54, 1.807) is 0 Å². The Hall–Kier alpha value is -4.21. The van der Waals surface area contributed by atoms with Crippen molar-refractivity contribution in [3.8, 4) is 17.1 Å². The molecule has 5 aromatic rings. The molecule has 3 aromatic heterocycles. The van der Waals surface area contributed by atoms with Crippen molar-refractivity contribution in [3.63, 3.8) is 0 Å². The summed E-state index contributed by atoms with van der Waals surface area (Å²) in [6.07, 6.45) is 1.37. The largest absolute Gasteiger partial charge is 0.337 e. The van der Waals surface area contributed by atoms with Crippen molar-refractivity contribution in [1.29, 1.82) is 0 Å². The molecule has 0 aliphatic carbocycles. The Kier molecular flexibility index (Phi) is 4.16. The minimum atomic E-state index is -0.399. The highest BCUT2D eigenvalue weighted by Gasteiger charge is 2.16. The van der Waals surface area contributed by atoms with Crippen LogP contribution in [-0.4, -0.2) is 34.7 Å². The lowest BCUT2D eigenvalue weighted by atomic mass is 10.1. The van der Waals surface area contributed by atoms with Gasteiger partial charge in [-0.25, -0.2) is 9.37 Å². The van der Waals surface area contributed by atoms with Crippen LogP contribution >= 0.6 is 0 Å². The molecule has 2 aromatic carbocycles. The second kappa shape index (κ2) is 6.99. The summed E-state index contributed by atoms with van der Waals surface area (Å²) in [5.74, 6) is 0.335. The van der Waals surface area contributed by atoms with Crippen LogP contribution in [-0.2, 0) is 6.54 Å². The number of fused-ring (bicyclic) bond motifs is 1. The topological polar surface area (TPSA) is 105 Å². The SMILES string of the molecule is Cc1cccc(-c2noc(Cn3cnc4c(nnn4-c4ccc(F)cc4)c3=O)n2)c1. The average Bonchev–Trinajstić information content (AvgIpc) is 3.38. The maximum Gasteiger partial charge on any atom is 0.284 e. The lowest BCUT2D eigenvalue weighted by Gasteiger charge is -2.03. The minimum absolute atomic E-state index is 0.0456. The molecule has 0 radical (unpaired) electrons. The van der Waals surface area contributed by atoms with Gasteiger partial charge in [0.1, 0.15) is 18.7 Å². The van der Waals surface area contributed by atoms with Crippen LogP contribution in [0, 0.1) is 12.7 Å². The fourth-order valence-electron chi connectivity index (χ4n) is 3.08. The molecule has 3 heterocycles. The Morgan fingerprint density at radius 3 is 2.77 bits per heavy atom. The maximum atomic E-state index is 13.2. The van der Waals surface area contributed by atoms with Gasteiger partial charge in [0.15, 0.2) is 11.2 Å². The van der Waals surface area contributed by atoms with Crippen molar-refractivity contribution >= 4 is 11.2 Å². The van der Waals surface area contributed by atoms with Crippen molar-refractivity contribution in [1.82, 2.24) is 34.7 Å². The van der Waals surface area contributed by atoms with Gasteiger partial charge in [0.2, 0.25) is 11.7 Å². The van der Waals surface area contributed by atoms with E-state index in [4.69, 9.17) is 4.52 Å². The van der Waals surface area contributed by atoms with Gasteiger partial charge in [-0.15, -0.1) is 5.10 Å². The van der Waals surface area contributed by atoms with Crippen molar-refractivity contribution in [3.05, 3.63) is 82.5 Å². The molecular formula is C20H14FN7O2. The average molecular weight is 403 g/mol. The normalized spacial score (nSPS) is 11.3. The van der Waals surface area contributed by atoms with E-state index in [9.17, 15) is 9.18 Å². The highest BCUT2D eigenvalue weighted by molar-refractivity contribution is 5.70. The summed E-state index contributed by atoms with van der Waals surface area (Å²) >= 11 is 0. The first-order valence-corrected chi connectivity index (χ1v) is 9.05. The zero-order valence-electron chi connectivity index (χ0n) is 15.7. The fourth-order valence-corrected chi connectivity index (χ4v) is 3.08. The maximum absolute atomic E-state index is 13.2. The number of nitrogens with zero attached hydrogens (tertiary/aromatic N) is 7. The van der Waals surface area contributed by atoms with Crippen LogP contribution in [0.25, 0.3) is 28.2 Å². The summed E-state index contributed by atoms with van der Waals surface area (Å²) in [4.78, 5) is 21.5. The van der Waals surface area contributed by atoms with Crippen LogP contribution < -0.4 is 5.56 Å². The van der Waals surface area contributed by atoms with Crippen LogP contribution in [0.3, 0.4) is 0 Å². The van der Waals surface area contributed by atoms with E-state index in [2.05, 4.69) is 25.4 Å². The predicted molar refractivity (Wildman–Crippen MR) is 104 cm³/mol. The molecule has 0 aliphatic heterocycles. The van der Waals surface area contributed by atoms with Gasteiger partial charge in [-0.2, -0.15) is 9.67 Å². The number of aryl methyl sites for hydroxylation is 1. The molecule has 0 saturated heterocycles. The summed E-state index contributed by atoms with van der Waals surface area (Å²) in [7, 11) is 0. The van der Waals surface area contributed by atoms with Gasteiger partial charge in [0.05, 0.1) is 5.69 Å². The lowest BCUT2D eigenvalue weighted by molar-refractivity contribution is 0.369. The molecule has 9 nitrogen and oxygen atoms in total. The van der Waals surface area contributed by atoms with Gasteiger partial charge >= 0.3 is 0 Å². The van der Waals surface area contributed by atoms with Gasteiger partial charge < -0.3 is 4.52 Å². The monoisotopic (exact) mass is 403 g/mol. The molecule has 0 saturated carbocycles. The zero-order valence-corrected chi connectivity index (χ0v) is 15.7. The standard InChI is InChI=1S/C20H14FN7O2/c1-12-3-2-4-13(9-12)18-23-16(30-25-18)10-27-11-22-19-17(20(27)29)24-26-28(19)15-7-5-14(21)6-8-15/h2-9,11H,10H2,1H3. The molecule has 0 spiro atoms. The zero-order chi connectivity index (χ0) is 20.7. The van der Waals surface area contributed by atoms with Gasteiger partial charge in [-0.3, -0.25) is 9.36 Å². The molecule has 0 unspecified atom stereocenters. The van der Waals surface area contributed by atoms with Gasteiger partial charge in [0.25, 0.3) is 5.56 Å². The molecule has 148 valence electrons. The van der Waals surface area contributed by atoms with Crippen LogP contribution in [0.4, 0.5) is 4.39 Å². The molecule has 30 heavy (non-hydrogen) atoms. The highest BCUT2D eigenvalue weighted by Crippen LogP contribution is 2.17. The van der Waals surface area contributed by atoms with Crippen LogP contribution in [0.15, 0.2) is 64.2 Å². The van der Waals surface area contributed by atoms with E-state index in [1.807, 2.05) is 31.2 Å². The van der Waals surface area contributed by atoms with Gasteiger partial charge in [0, 0.05) is 5.56 Å². The Balaban J connectivity index is 1.47. The molecule has 0 amide bonds. The Labute approximate surface area is 168 Å². The quantitative estimate of drug-likeness (QED) is 0.454. The predicted octanol–water partition coefficient (Wildman–Crippen LogP) is 2.52. The second-order valence-corrected chi connectivity index (χ2v) is 6.71. The summed E-state index contributed by atoms with van der Waals surface area (Å²) < 4.78 is 21.1. The first-order chi connectivity index (χ1) is 14.6. The molecule has 0 bridgehead atoms. The Bertz CT molecular complexity index is 1420. The van der Waals surface area contributed by atoms with E-state index in [0.29, 0.717) is 11.5 Å². The van der Waals surface area contributed by atoms with E-state index in [-0.39, 0.29) is 29.4 Å². The van der Waals surface area contributed by atoms with Gasteiger partial charge in [-0.1, -0.05) is 34.1 Å². The molecule has 0 atom stereocenters. The molecular weight excluding hydrogens is 389 g/mol. The molecule has 0 fully saturated rings. The number of benzene rings is 2. The molecule has 0 aliphatic rings. The number of rotatable bonds is 4. The number of hydrogen-bond acceptors (Lipinski definition) is 7. The number of halogens is 1. The van der Waals surface area contributed by atoms with E-state index in [0.717, 1.165) is 11.1 Å². The third-order valence-corrected chi connectivity index (χ3v) is 4.55. The molecule has 5 rings (SSSR count). The number of hydrogen-bond donors (Lipinski definition) is 0. The van der Waals surface area contributed by atoms with Crippen LogP contribution in [0.1, 0.15) is 11.5 Å². The second-order valence-electron chi connectivity index (χ2n) is 6.71. The van der Waals surface area contributed by atoms with E-state index in [1.165, 1.54) is 39.8 Å². The Morgan fingerprint density at radius 2 is 1.97 bits per heavy atom. The van der Waals surface area contributed by atoms with Gasteiger partial charge in [-0.05, 0) is 37.3 Å². The summed E-state index contributed by atoms with van der Waals surface area (Å²) in [5, 5.41) is 11.9. The van der Waals surface area contributed by atoms with Crippen molar-refractivity contribution < 1.29 is 8.91 Å². The first kappa shape index (κ1) is 17.9. The smallest absolute Gasteiger partial charge is 0.284 e. The third kappa shape index (κ3) is 3.13. The number of aromatic nitrogens is 7. The minimum Gasteiger partial charge on any atom is -0.337 e. The Morgan fingerprint density at radius 1 is 1.13 bits per heavy atom. The summed E-state index contributed by atoms with van der Waals surface area (Å²) in [5.41, 5.74) is 2.41.